The van der Waals surface area contributed by atoms with Gasteiger partial charge in [0.2, 0.25) is 0 Å². The van der Waals surface area contributed by atoms with E-state index in [2.05, 4.69) is 4.98 Å². The minimum Gasteiger partial charge on any atom is -0.466 e. The Kier molecular flexibility index (Phi) is 5.51. The van der Waals surface area contributed by atoms with Crippen LogP contribution in [0.4, 0.5) is 8.78 Å². The van der Waals surface area contributed by atoms with Crippen molar-refractivity contribution in [2.45, 2.75) is 19.8 Å². The molecule has 0 fully saturated rings. The molecule has 0 radical (unpaired) electrons. The molecule has 1 aromatic rings. The van der Waals surface area contributed by atoms with E-state index in [1.54, 1.807) is 29.5 Å². The molecule has 3 nitrogen and oxygen atoms in total. The molecule has 17 heavy (non-hydrogen) atoms. The van der Waals surface area contributed by atoms with Gasteiger partial charge in [0.15, 0.2) is 0 Å². The van der Waals surface area contributed by atoms with Gasteiger partial charge in [-0.05, 0) is 29.5 Å². The SMILES string of the molecule is CCOC(=O)Cc1ncc(C(F)F)c(I)c1Cl. The van der Waals surface area contributed by atoms with Gasteiger partial charge in [-0.3, -0.25) is 9.78 Å². The first-order valence-corrected chi connectivity index (χ1v) is 6.19. The first kappa shape index (κ1) is 14.6. The van der Waals surface area contributed by atoms with E-state index in [0.717, 1.165) is 6.20 Å². The summed E-state index contributed by atoms with van der Waals surface area (Å²) in [6.07, 6.45) is -1.72. The molecule has 1 aromatic heterocycles. The van der Waals surface area contributed by atoms with Gasteiger partial charge in [-0.1, -0.05) is 11.6 Å². The average molecular weight is 376 g/mol. The van der Waals surface area contributed by atoms with Crippen LogP contribution in [-0.2, 0) is 16.0 Å². The van der Waals surface area contributed by atoms with Crippen LogP contribution in [0.25, 0.3) is 0 Å². The number of halogens is 4. The molecule has 0 saturated carbocycles. The summed E-state index contributed by atoms with van der Waals surface area (Å²) < 4.78 is 30.0. The Hall–Kier alpha value is -0.500. The molecule has 0 aliphatic heterocycles. The minimum absolute atomic E-state index is 0.0800. The van der Waals surface area contributed by atoms with Crippen LogP contribution in [0.2, 0.25) is 5.02 Å². The molecule has 0 amide bonds. The number of rotatable bonds is 4. The van der Waals surface area contributed by atoms with Crippen molar-refractivity contribution < 1.29 is 18.3 Å². The van der Waals surface area contributed by atoms with Crippen LogP contribution in [0.1, 0.15) is 24.6 Å². The zero-order chi connectivity index (χ0) is 13.0. The van der Waals surface area contributed by atoms with Crippen molar-refractivity contribution in [1.82, 2.24) is 4.98 Å². The van der Waals surface area contributed by atoms with Crippen LogP contribution >= 0.6 is 34.2 Å². The molecule has 94 valence electrons. The summed E-state index contributed by atoms with van der Waals surface area (Å²) in [5, 5.41) is 0.0800. The Balaban J connectivity index is 2.96. The smallest absolute Gasteiger partial charge is 0.311 e. The highest BCUT2D eigenvalue weighted by Gasteiger charge is 2.19. The maximum atomic E-state index is 12.5. The van der Waals surface area contributed by atoms with Crippen molar-refractivity contribution in [3.05, 3.63) is 26.0 Å². The Morgan fingerprint density at radius 1 is 1.65 bits per heavy atom. The highest BCUT2D eigenvalue weighted by molar-refractivity contribution is 14.1. The first-order valence-electron chi connectivity index (χ1n) is 4.73. The van der Waals surface area contributed by atoms with E-state index in [1.807, 2.05) is 0 Å². The topological polar surface area (TPSA) is 39.2 Å². The maximum Gasteiger partial charge on any atom is 0.311 e. The second-order valence-corrected chi connectivity index (χ2v) is 4.53. The number of nitrogens with zero attached hydrogens (tertiary/aromatic N) is 1. The predicted molar refractivity (Wildman–Crippen MR) is 67.3 cm³/mol. The van der Waals surface area contributed by atoms with Crippen LogP contribution in [0.3, 0.4) is 0 Å². The third kappa shape index (κ3) is 3.74. The fraction of sp³-hybridized carbons (Fsp3) is 0.400. The highest BCUT2D eigenvalue weighted by Crippen LogP contribution is 2.30. The van der Waals surface area contributed by atoms with E-state index in [9.17, 15) is 13.6 Å². The number of ether oxygens (including phenoxy) is 1. The zero-order valence-corrected chi connectivity index (χ0v) is 11.8. The summed E-state index contributed by atoms with van der Waals surface area (Å²) >= 11 is 7.59. The molecular weight excluding hydrogens is 366 g/mol. The monoisotopic (exact) mass is 375 g/mol. The van der Waals surface area contributed by atoms with Crippen LogP contribution in [-0.4, -0.2) is 17.6 Å². The maximum absolute atomic E-state index is 12.5. The lowest BCUT2D eigenvalue weighted by atomic mass is 10.2. The van der Waals surface area contributed by atoms with Crippen LogP contribution in [0.15, 0.2) is 6.20 Å². The quantitative estimate of drug-likeness (QED) is 0.598. The standard InChI is InChI=1S/C10H9ClF2INO2/c1-2-17-7(16)3-6-8(11)9(14)5(4-15-6)10(12)13/h4,10H,2-3H2,1H3. The Bertz CT molecular complexity index is 429. The molecule has 0 N–H and O–H groups in total. The molecule has 0 bridgehead atoms. The number of hydrogen-bond donors (Lipinski definition) is 0. The Morgan fingerprint density at radius 2 is 2.29 bits per heavy atom. The summed E-state index contributed by atoms with van der Waals surface area (Å²) in [7, 11) is 0. The van der Waals surface area contributed by atoms with E-state index in [-0.39, 0.29) is 32.9 Å². The molecule has 0 atom stereocenters. The van der Waals surface area contributed by atoms with Gasteiger partial charge in [0.25, 0.3) is 6.43 Å². The van der Waals surface area contributed by atoms with Crippen molar-refractivity contribution in [1.29, 1.82) is 0 Å². The van der Waals surface area contributed by atoms with E-state index in [1.165, 1.54) is 0 Å². The van der Waals surface area contributed by atoms with Gasteiger partial charge in [-0.2, -0.15) is 0 Å². The second kappa shape index (κ2) is 6.44. The molecule has 0 unspecified atom stereocenters. The Labute approximate surface area is 116 Å². The van der Waals surface area contributed by atoms with Crippen LogP contribution in [0, 0.1) is 3.57 Å². The van der Waals surface area contributed by atoms with Crippen molar-refractivity contribution in [3.8, 4) is 0 Å². The first-order chi connectivity index (χ1) is 7.97. The van der Waals surface area contributed by atoms with Gasteiger partial charge in [0, 0.05) is 9.77 Å². The Morgan fingerprint density at radius 3 is 2.82 bits per heavy atom. The molecule has 0 aliphatic rings. The third-order valence-corrected chi connectivity index (χ3v) is 3.80. The highest BCUT2D eigenvalue weighted by atomic mass is 127. The summed E-state index contributed by atoms with van der Waals surface area (Å²) in [5.74, 6) is -0.484. The van der Waals surface area contributed by atoms with Gasteiger partial charge in [-0.15, -0.1) is 0 Å². The van der Waals surface area contributed by atoms with Gasteiger partial charge in [0.1, 0.15) is 0 Å². The van der Waals surface area contributed by atoms with Crippen molar-refractivity contribution in [2.75, 3.05) is 6.61 Å². The molecule has 0 saturated heterocycles. The van der Waals surface area contributed by atoms with Crippen LogP contribution in [0.5, 0.6) is 0 Å². The molecular formula is C10H9ClF2INO2. The van der Waals surface area contributed by atoms with E-state index >= 15 is 0 Å². The number of alkyl halides is 2. The lowest BCUT2D eigenvalue weighted by Gasteiger charge is -2.08. The van der Waals surface area contributed by atoms with Crippen molar-refractivity contribution >= 4 is 40.2 Å². The minimum atomic E-state index is -2.64. The number of hydrogen-bond acceptors (Lipinski definition) is 3. The number of pyridine rings is 1. The lowest BCUT2D eigenvalue weighted by molar-refractivity contribution is -0.142. The zero-order valence-electron chi connectivity index (χ0n) is 8.84. The summed E-state index contributed by atoms with van der Waals surface area (Å²) in [5.41, 5.74) is 0.0159. The fourth-order valence-electron chi connectivity index (χ4n) is 1.14. The van der Waals surface area contributed by atoms with Gasteiger partial charge < -0.3 is 4.74 Å². The molecule has 0 aliphatic carbocycles. The molecule has 1 heterocycles. The van der Waals surface area contributed by atoms with E-state index in [4.69, 9.17) is 16.3 Å². The molecule has 7 heteroatoms. The van der Waals surface area contributed by atoms with Crippen molar-refractivity contribution in [2.24, 2.45) is 0 Å². The number of aromatic nitrogens is 1. The molecule has 0 aromatic carbocycles. The van der Waals surface area contributed by atoms with E-state index in [0.29, 0.717) is 0 Å². The molecule has 1 rings (SSSR count). The second-order valence-electron chi connectivity index (χ2n) is 3.07. The lowest BCUT2D eigenvalue weighted by Crippen LogP contribution is -2.10. The third-order valence-electron chi connectivity index (χ3n) is 1.91. The summed E-state index contributed by atoms with van der Waals surface area (Å²) in [4.78, 5) is 15.0. The summed E-state index contributed by atoms with van der Waals surface area (Å²) in [6, 6.07) is 0. The van der Waals surface area contributed by atoms with Gasteiger partial charge >= 0.3 is 5.97 Å². The van der Waals surface area contributed by atoms with E-state index < -0.39 is 12.4 Å². The van der Waals surface area contributed by atoms with Crippen molar-refractivity contribution in [3.63, 3.8) is 0 Å². The van der Waals surface area contributed by atoms with Crippen LogP contribution < -0.4 is 0 Å². The normalized spacial score (nSPS) is 10.7. The fourth-order valence-corrected chi connectivity index (χ4v) is 2.05. The molecule has 0 spiro atoms. The summed E-state index contributed by atoms with van der Waals surface area (Å²) in [6.45, 7) is 1.93. The number of carbonyl (C=O) groups excluding carboxylic acids is 1. The number of esters is 1. The average Bonchev–Trinajstić information content (AvgIpc) is 2.25. The number of carbonyl (C=O) groups is 1. The van der Waals surface area contributed by atoms with Gasteiger partial charge in [-0.25, -0.2) is 8.78 Å². The van der Waals surface area contributed by atoms with Gasteiger partial charge in [0.05, 0.1) is 29.3 Å². The predicted octanol–water partition coefficient (Wildman–Crippen LogP) is 3.38. The largest absolute Gasteiger partial charge is 0.466 e.